The number of nitrogens with zero attached hydrogens (tertiary/aromatic N) is 3. The van der Waals surface area contributed by atoms with Crippen LogP contribution in [0.25, 0.3) is 0 Å². The molecule has 2 heterocycles. The van der Waals surface area contributed by atoms with E-state index >= 15 is 0 Å². The van der Waals surface area contributed by atoms with Crippen molar-refractivity contribution >= 4 is 17.3 Å². The monoisotopic (exact) mass is 505 g/mol. The lowest BCUT2D eigenvalue weighted by molar-refractivity contribution is -0.137. The number of carbonyl (C=O) groups is 1. The van der Waals surface area contributed by atoms with Gasteiger partial charge in [0.1, 0.15) is 12.5 Å². The summed E-state index contributed by atoms with van der Waals surface area (Å²) in [6, 6.07) is 5.32. The second-order valence-electron chi connectivity index (χ2n) is 9.81. The van der Waals surface area contributed by atoms with Crippen LogP contribution in [0.5, 0.6) is 0 Å². The van der Waals surface area contributed by atoms with Crippen LogP contribution in [0.1, 0.15) is 50.5 Å². The highest BCUT2D eigenvalue weighted by molar-refractivity contribution is 7.74. The zero-order chi connectivity index (χ0) is 24.7. The second-order valence-corrected chi connectivity index (χ2v) is 10.5. The Morgan fingerprint density at radius 1 is 1.23 bits per heavy atom. The number of nitrogens with one attached hydrogen (secondary N) is 1. The van der Waals surface area contributed by atoms with Crippen molar-refractivity contribution in [1.29, 1.82) is 0 Å². The van der Waals surface area contributed by atoms with Crippen molar-refractivity contribution in [3.05, 3.63) is 54.4 Å². The smallest absolute Gasteiger partial charge is 0.240 e. The van der Waals surface area contributed by atoms with Crippen molar-refractivity contribution < 1.29 is 22.1 Å². The van der Waals surface area contributed by atoms with Gasteiger partial charge in [0.15, 0.2) is 0 Å². The van der Waals surface area contributed by atoms with Crippen molar-refractivity contribution in [3.63, 3.8) is 0 Å². The van der Waals surface area contributed by atoms with Gasteiger partial charge in [0, 0.05) is 32.0 Å². The number of amides is 1. The van der Waals surface area contributed by atoms with Gasteiger partial charge in [-0.1, -0.05) is 31.4 Å². The predicted molar refractivity (Wildman–Crippen MR) is 129 cm³/mol. The molecule has 1 saturated carbocycles. The Labute approximate surface area is 208 Å². The van der Waals surface area contributed by atoms with E-state index in [1.54, 1.807) is 12.1 Å². The van der Waals surface area contributed by atoms with E-state index in [0.29, 0.717) is 25.4 Å². The average Bonchev–Trinajstić information content (AvgIpc) is 3.38. The number of likely N-dealkylation sites (tertiary alicyclic amines) is 1. The van der Waals surface area contributed by atoms with Gasteiger partial charge in [-0.3, -0.25) is 14.3 Å². The van der Waals surface area contributed by atoms with E-state index in [1.807, 2.05) is 23.6 Å². The van der Waals surface area contributed by atoms with Crippen LogP contribution in [-0.4, -0.2) is 55.0 Å². The molecule has 10 heteroatoms. The van der Waals surface area contributed by atoms with E-state index in [2.05, 4.69) is 19.1 Å². The molecule has 0 radical (unpaired) electrons. The number of rotatable bonds is 10. The van der Waals surface area contributed by atoms with Gasteiger partial charge in [0.2, 0.25) is 5.91 Å². The summed E-state index contributed by atoms with van der Waals surface area (Å²) in [5, 5.41) is 2.92. The summed E-state index contributed by atoms with van der Waals surface area (Å²) >= 11 is -2.67. The topological polar surface area (TPSA) is 99.5 Å². The van der Waals surface area contributed by atoms with Crippen molar-refractivity contribution in [1.82, 2.24) is 19.8 Å². The maximum atomic E-state index is 13.5. The molecule has 1 saturated heterocycles. The number of hydrogen-bond donors (Lipinski definition) is 1. The summed E-state index contributed by atoms with van der Waals surface area (Å²) in [6.07, 6.45) is 14.2. The first kappa shape index (κ1) is 25.9. The van der Waals surface area contributed by atoms with Crippen LogP contribution in [0.2, 0.25) is 0 Å². The summed E-state index contributed by atoms with van der Waals surface area (Å²) in [5.74, 6) is 0.210. The third kappa shape index (κ3) is 6.97. The van der Waals surface area contributed by atoms with Crippen molar-refractivity contribution in [2.24, 2.45) is 11.3 Å². The van der Waals surface area contributed by atoms with E-state index < -0.39 is 17.4 Å². The fourth-order valence-corrected chi connectivity index (χ4v) is 6.00. The van der Waals surface area contributed by atoms with Gasteiger partial charge in [-0.25, -0.2) is 13.6 Å². The van der Waals surface area contributed by atoms with Gasteiger partial charge in [-0.2, -0.15) is 0 Å². The maximum Gasteiger partial charge on any atom is 0.240 e. The lowest BCUT2D eigenvalue weighted by Crippen LogP contribution is -2.54. The molecule has 2 aromatic rings. The highest BCUT2D eigenvalue weighted by atomic mass is 32.2. The third-order valence-corrected chi connectivity index (χ3v) is 8.05. The molecule has 192 valence electrons. The van der Waals surface area contributed by atoms with Crippen LogP contribution in [0.4, 0.5) is 4.39 Å². The first-order valence-electron chi connectivity index (χ1n) is 12.4. The van der Waals surface area contributed by atoms with Gasteiger partial charge in [-0.05, 0) is 61.1 Å². The zero-order valence-electron chi connectivity index (χ0n) is 19.9. The molecule has 8 nitrogen and oxygen atoms in total. The summed E-state index contributed by atoms with van der Waals surface area (Å²) < 4.78 is 41.7. The summed E-state index contributed by atoms with van der Waals surface area (Å²) in [7, 11) is 0. The molecule has 0 spiro atoms. The van der Waals surface area contributed by atoms with Gasteiger partial charge >= 0.3 is 0 Å². The number of halogens is 1. The van der Waals surface area contributed by atoms with Crippen LogP contribution < -0.4 is 5.32 Å². The Balaban J connectivity index is 1.44. The molecule has 4 rings (SSSR count). The molecule has 1 aliphatic heterocycles. The Morgan fingerprint density at radius 3 is 2.57 bits per heavy atom. The quantitative estimate of drug-likeness (QED) is 0.393. The molecule has 1 amide bonds. The molecule has 2 atom stereocenters. The number of aromatic nitrogens is 2. The van der Waals surface area contributed by atoms with Crippen molar-refractivity contribution in [2.45, 2.75) is 64.0 Å². The molecule has 0 bridgehead atoms. The van der Waals surface area contributed by atoms with Crippen LogP contribution in [-0.2, 0) is 33.3 Å². The molecule has 2 aliphatic rings. The summed E-state index contributed by atoms with van der Waals surface area (Å²) in [4.78, 5) is 19.6. The number of piperidine rings is 1. The first-order valence-corrected chi connectivity index (χ1v) is 13.4. The number of carbonyl (C=O) groups excluding carboxylic acids is 1. The Bertz CT molecular complexity index is 958. The van der Waals surface area contributed by atoms with Gasteiger partial charge in [0.05, 0.1) is 23.7 Å². The van der Waals surface area contributed by atoms with Crippen LogP contribution >= 0.6 is 0 Å². The second kappa shape index (κ2) is 12.2. The average molecular weight is 506 g/mol. The van der Waals surface area contributed by atoms with Crippen molar-refractivity contribution in [2.75, 3.05) is 19.8 Å². The number of benzene rings is 1. The number of imidazole rings is 1. The van der Waals surface area contributed by atoms with E-state index in [4.69, 9.17) is 0 Å². The van der Waals surface area contributed by atoms with Gasteiger partial charge < -0.3 is 14.0 Å². The highest BCUT2D eigenvalue weighted by Crippen LogP contribution is 2.47. The van der Waals surface area contributed by atoms with E-state index in [9.17, 15) is 17.9 Å². The largest absolute Gasteiger partial charge is 0.750 e. The Kier molecular flexibility index (Phi) is 9.04. The maximum absolute atomic E-state index is 13.5. The molecular weight excluding hydrogens is 471 g/mol. The zero-order valence-corrected chi connectivity index (χ0v) is 20.8. The van der Waals surface area contributed by atoms with Crippen LogP contribution in [0, 0.1) is 17.2 Å². The minimum Gasteiger partial charge on any atom is -0.750 e. The molecular formula is C25H34FN4O4S-. The Morgan fingerprint density at radius 2 is 1.94 bits per heavy atom. The molecule has 2 fully saturated rings. The Hall–Kier alpha value is -2.14. The van der Waals surface area contributed by atoms with Crippen molar-refractivity contribution in [3.8, 4) is 0 Å². The minimum absolute atomic E-state index is 0.0884. The lowest BCUT2D eigenvalue weighted by atomic mass is 9.63. The minimum atomic E-state index is -2.67. The molecule has 1 aromatic heterocycles. The van der Waals surface area contributed by atoms with E-state index in [0.717, 1.165) is 24.9 Å². The first-order chi connectivity index (χ1) is 16.9. The van der Waals surface area contributed by atoms with Crippen LogP contribution in [0.15, 0.2) is 43.0 Å². The summed E-state index contributed by atoms with van der Waals surface area (Å²) in [5.41, 5.74) is 0.926. The normalized spacial score (nSPS) is 20.5. The molecule has 1 unspecified atom stereocenters. The highest BCUT2D eigenvalue weighted by Gasteiger charge is 2.43. The van der Waals surface area contributed by atoms with E-state index in [1.165, 1.54) is 44.2 Å². The van der Waals surface area contributed by atoms with Crippen LogP contribution in [0.3, 0.4) is 0 Å². The van der Waals surface area contributed by atoms with Gasteiger partial charge in [-0.15, -0.1) is 0 Å². The fraction of sp³-hybridized carbons (Fsp3) is 0.600. The number of hydrogen-bond acceptors (Lipinski definition) is 6. The predicted octanol–water partition coefficient (Wildman–Crippen LogP) is 3.18. The third-order valence-electron chi connectivity index (χ3n) is 7.73. The summed E-state index contributed by atoms with van der Waals surface area (Å²) in [6.45, 7) is 1.92. The molecule has 1 aromatic carbocycles. The fourth-order valence-electron chi connectivity index (χ4n) is 5.83. The standard InChI is InChI=1S/C25H35FN4O4S/c26-22-8-6-20(7-9-22)16-23(28-19-34-35(32)33)24(31)30-13-10-25(11-14-30,17-29-15-12-27-18-29)21-4-2-1-3-5-21/h6-9,12,15,18,21,23,28H,1-5,10-11,13-14,16-17,19H2,(H,32,33)/p-1/t23-/m0/s1. The molecule has 1 N–H and O–H groups in total. The van der Waals surface area contributed by atoms with Gasteiger partial charge in [0.25, 0.3) is 0 Å². The molecule has 35 heavy (non-hydrogen) atoms. The SMILES string of the molecule is O=C([C@H](Cc1ccc(F)cc1)NCOS(=O)[O-])N1CCC(Cn2ccnc2)(C2CCCCC2)CC1. The van der Waals surface area contributed by atoms with E-state index in [-0.39, 0.29) is 23.9 Å². The lowest BCUT2D eigenvalue weighted by Gasteiger charge is -2.48. The molecule has 1 aliphatic carbocycles.